The number of hydrogen-bond acceptors (Lipinski definition) is 10. The molecule has 1 fully saturated rings. The first-order valence-electron chi connectivity index (χ1n) is 36.1. The highest BCUT2D eigenvalue weighted by molar-refractivity contribution is 5.80. The van der Waals surface area contributed by atoms with Crippen molar-refractivity contribution in [3.8, 4) is 0 Å². The van der Waals surface area contributed by atoms with Gasteiger partial charge < -0.3 is 45.1 Å². The minimum atomic E-state index is -1.62. The van der Waals surface area contributed by atoms with E-state index >= 15 is 0 Å². The SMILES string of the molecule is CCCCC/C=C\C/C=C\C/C=C\C/C=C\CCC(O)C(=O)NC(COC1OC(CO)C(O)C(O)C1OC(=O)CCCCCCCCCCCCCCCCCCCCCCCCCCCCC)C(O)/C=C/CCCCCCCCCCCCC. The summed E-state index contributed by atoms with van der Waals surface area (Å²) in [6, 6.07) is -1.05. The molecular formula is C74H135NO10. The fraction of sp³-hybridized carbons (Fsp3) is 0.838. The van der Waals surface area contributed by atoms with Crippen LogP contribution in [0.25, 0.3) is 0 Å². The van der Waals surface area contributed by atoms with Crippen LogP contribution in [-0.4, -0.2) is 99.6 Å². The summed E-state index contributed by atoms with van der Waals surface area (Å²) in [7, 11) is 0. The molecule has 11 nitrogen and oxygen atoms in total. The van der Waals surface area contributed by atoms with E-state index in [9.17, 15) is 35.1 Å². The van der Waals surface area contributed by atoms with E-state index in [-0.39, 0.29) is 19.4 Å². The molecule has 0 spiro atoms. The van der Waals surface area contributed by atoms with E-state index < -0.39 is 67.4 Å². The van der Waals surface area contributed by atoms with E-state index in [2.05, 4.69) is 62.5 Å². The molecule has 1 aliphatic rings. The molecule has 0 aliphatic carbocycles. The maximum Gasteiger partial charge on any atom is 0.306 e. The largest absolute Gasteiger partial charge is 0.454 e. The average Bonchev–Trinajstić information content (AvgIpc) is 3.13. The highest BCUT2D eigenvalue weighted by Gasteiger charge is 2.47. The van der Waals surface area contributed by atoms with Crippen molar-refractivity contribution < 1.29 is 49.3 Å². The van der Waals surface area contributed by atoms with Gasteiger partial charge in [-0.15, -0.1) is 0 Å². The second-order valence-corrected chi connectivity index (χ2v) is 25.0. The van der Waals surface area contributed by atoms with Crippen LogP contribution in [0.4, 0.5) is 0 Å². The average molecular weight is 1200 g/mol. The van der Waals surface area contributed by atoms with Crippen LogP contribution in [-0.2, 0) is 23.8 Å². The number of allylic oxidation sites excluding steroid dienone is 9. The first kappa shape index (κ1) is 80.4. The summed E-state index contributed by atoms with van der Waals surface area (Å²) in [5.41, 5.74) is 0. The number of carbonyl (C=O) groups is 2. The van der Waals surface area contributed by atoms with Gasteiger partial charge in [-0.2, -0.15) is 0 Å². The molecule has 1 aliphatic heterocycles. The molecular weight excluding hydrogens is 1060 g/mol. The van der Waals surface area contributed by atoms with Crippen LogP contribution in [0, 0.1) is 0 Å². The van der Waals surface area contributed by atoms with E-state index in [0.29, 0.717) is 12.8 Å². The maximum atomic E-state index is 13.4. The number of aliphatic hydroxyl groups excluding tert-OH is 5. The number of unbranched alkanes of at least 4 members (excludes halogenated alkanes) is 40. The Hall–Kier alpha value is -2.64. The van der Waals surface area contributed by atoms with Crippen molar-refractivity contribution in [3.05, 3.63) is 60.8 Å². The number of hydrogen-bond donors (Lipinski definition) is 6. The zero-order chi connectivity index (χ0) is 61.7. The topological polar surface area (TPSA) is 175 Å². The van der Waals surface area contributed by atoms with Crippen LogP contribution >= 0.6 is 0 Å². The van der Waals surface area contributed by atoms with Gasteiger partial charge in [0, 0.05) is 6.42 Å². The summed E-state index contributed by atoms with van der Waals surface area (Å²) in [6.07, 6.45) is 68.6. The van der Waals surface area contributed by atoms with Crippen molar-refractivity contribution in [3.63, 3.8) is 0 Å². The molecule has 8 atom stereocenters. The van der Waals surface area contributed by atoms with Gasteiger partial charge in [0.05, 0.1) is 25.4 Å². The molecule has 85 heavy (non-hydrogen) atoms. The fourth-order valence-electron chi connectivity index (χ4n) is 11.2. The third kappa shape index (κ3) is 48.9. The van der Waals surface area contributed by atoms with Crippen LogP contribution in [0.1, 0.15) is 335 Å². The van der Waals surface area contributed by atoms with Gasteiger partial charge in [0.25, 0.3) is 0 Å². The Balaban J connectivity index is 2.56. The van der Waals surface area contributed by atoms with Crippen LogP contribution in [0.2, 0.25) is 0 Å². The Morgan fingerprint density at radius 1 is 0.459 bits per heavy atom. The lowest BCUT2D eigenvalue weighted by atomic mass is 9.99. The molecule has 496 valence electrons. The molecule has 6 N–H and O–H groups in total. The van der Waals surface area contributed by atoms with Gasteiger partial charge in [0.2, 0.25) is 5.91 Å². The summed E-state index contributed by atoms with van der Waals surface area (Å²) in [4.78, 5) is 26.6. The van der Waals surface area contributed by atoms with E-state index in [0.717, 1.165) is 64.2 Å². The molecule has 0 aromatic carbocycles. The van der Waals surface area contributed by atoms with Crippen LogP contribution in [0.15, 0.2) is 60.8 Å². The van der Waals surface area contributed by atoms with Crippen molar-refractivity contribution >= 4 is 11.9 Å². The van der Waals surface area contributed by atoms with Gasteiger partial charge in [0.1, 0.15) is 24.4 Å². The van der Waals surface area contributed by atoms with E-state index in [1.54, 1.807) is 6.08 Å². The van der Waals surface area contributed by atoms with Crippen molar-refractivity contribution in [2.24, 2.45) is 0 Å². The fourth-order valence-corrected chi connectivity index (χ4v) is 11.2. The molecule has 11 heteroatoms. The number of ether oxygens (including phenoxy) is 3. The lowest BCUT2D eigenvalue weighted by Gasteiger charge is -2.41. The predicted molar refractivity (Wildman–Crippen MR) is 356 cm³/mol. The number of rotatable bonds is 62. The number of nitrogens with one attached hydrogen (secondary N) is 1. The smallest absolute Gasteiger partial charge is 0.306 e. The van der Waals surface area contributed by atoms with Gasteiger partial charge in [-0.25, -0.2) is 0 Å². The van der Waals surface area contributed by atoms with Crippen molar-refractivity contribution in [2.75, 3.05) is 13.2 Å². The first-order chi connectivity index (χ1) is 41.7. The minimum absolute atomic E-state index is 0.120. The molecule has 1 rings (SSSR count). The minimum Gasteiger partial charge on any atom is -0.454 e. The normalized spacial score (nSPS) is 18.7. The zero-order valence-corrected chi connectivity index (χ0v) is 55.2. The first-order valence-corrected chi connectivity index (χ1v) is 36.1. The zero-order valence-electron chi connectivity index (χ0n) is 55.2. The standard InChI is InChI=1S/C74H135NO10/c1-4-7-10-13-16-19-22-25-27-29-30-31-32-33-34-35-36-37-38-39-41-44-47-50-53-56-59-62-69(79)85-72-71(81)70(80)68(63-76)84-74(72)83-64-65(66(77)60-57-54-51-48-45-42-24-21-18-15-12-9-6-3)75-73(82)67(78)61-58-55-52-49-46-43-40-28-26-23-20-17-14-11-8-5-2/h17,20,26,28,43,46,52,55,57,60,65-68,70-72,74,76-78,80-81H,4-16,18-19,21-25,27,29-42,44-45,47-51,53-54,56,58-59,61-64H2,1-3H3,(H,75,82)/b20-17-,28-26-,46-43-,55-52-,60-57+. The predicted octanol–water partition coefficient (Wildman–Crippen LogP) is 18.5. The third-order valence-electron chi connectivity index (χ3n) is 16.9. The number of carbonyl (C=O) groups excluding carboxylic acids is 2. The molecule has 0 bridgehead atoms. The molecule has 1 saturated heterocycles. The van der Waals surface area contributed by atoms with Gasteiger partial charge >= 0.3 is 5.97 Å². The van der Waals surface area contributed by atoms with Crippen LogP contribution in [0.3, 0.4) is 0 Å². The van der Waals surface area contributed by atoms with Crippen LogP contribution in [0.5, 0.6) is 0 Å². The van der Waals surface area contributed by atoms with Gasteiger partial charge in [-0.05, 0) is 64.2 Å². The molecule has 1 amide bonds. The van der Waals surface area contributed by atoms with E-state index in [4.69, 9.17) is 14.2 Å². The van der Waals surface area contributed by atoms with E-state index in [1.807, 2.05) is 18.2 Å². The molecule has 0 saturated carbocycles. The monoisotopic (exact) mass is 1200 g/mol. The Kier molecular flexibility index (Phi) is 58.2. The molecule has 1 heterocycles. The number of aliphatic hydroxyl groups is 5. The van der Waals surface area contributed by atoms with Crippen molar-refractivity contribution in [1.82, 2.24) is 5.32 Å². The molecule has 8 unspecified atom stereocenters. The maximum absolute atomic E-state index is 13.4. The number of amides is 1. The van der Waals surface area contributed by atoms with Crippen LogP contribution < -0.4 is 5.32 Å². The lowest BCUT2D eigenvalue weighted by Crippen LogP contribution is -2.61. The van der Waals surface area contributed by atoms with Gasteiger partial charge in [-0.3, -0.25) is 9.59 Å². The van der Waals surface area contributed by atoms with Gasteiger partial charge in [0.15, 0.2) is 12.4 Å². The quantitative estimate of drug-likeness (QED) is 0.0195. The van der Waals surface area contributed by atoms with E-state index in [1.165, 1.54) is 225 Å². The number of esters is 1. The molecule has 0 radical (unpaired) electrons. The summed E-state index contributed by atoms with van der Waals surface area (Å²) in [5.74, 6) is -1.24. The second-order valence-electron chi connectivity index (χ2n) is 25.0. The lowest BCUT2D eigenvalue weighted by molar-refractivity contribution is -0.305. The second kappa shape index (κ2) is 61.6. The van der Waals surface area contributed by atoms with Gasteiger partial charge in [-0.1, -0.05) is 326 Å². The molecule has 0 aromatic rings. The summed E-state index contributed by atoms with van der Waals surface area (Å²) >= 11 is 0. The summed E-state index contributed by atoms with van der Waals surface area (Å²) in [5, 5.41) is 57.1. The summed E-state index contributed by atoms with van der Waals surface area (Å²) < 4.78 is 17.7. The highest BCUT2D eigenvalue weighted by Crippen LogP contribution is 2.26. The van der Waals surface area contributed by atoms with Crippen molar-refractivity contribution in [2.45, 2.75) is 384 Å². The summed E-state index contributed by atoms with van der Waals surface area (Å²) in [6.45, 7) is 5.77. The Morgan fingerprint density at radius 3 is 1.24 bits per heavy atom. The molecule has 0 aromatic heterocycles. The third-order valence-corrected chi connectivity index (χ3v) is 16.9. The highest BCUT2D eigenvalue weighted by atomic mass is 16.7. The van der Waals surface area contributed by atoms with Crippen molar-refractivity contribution in [1.29, 1.82) is 0 Å². The Morgan fingerprint density at radius 2 is 0.812 bits per heavy atom. The Bertz CT molecular complexity index is 1620. The Labute approximate surface area is 522 Å².